The molecule has 1 amide bonds. The Morgan fingerprint density at radius 1 is 1.33 bits per heavy atom. The molecule has 1 saturated carbocycles. The third kappa shape index (κ3) is 2.92. The van der Waals surface area contributed by atoms with E-state index in [4.69, 9.17) is 0 Å². The number of aliphatic hydroxyl groups excluding tert-OH is 1. The van der Waals surface area contributed by atoms with Crippen LogP contribution in [0.25, 0.3) is 0 Å². The summed E-state index contributed by atoms with van der Waals surface area (Å²) in [4.78, 5) is 23.8. The van der Waals surface area contributed by atoms with Gasteiger partial charge >= 0.3 is 0 Å². The van der Waals surface area contributed by atoms with E-state index in [1.54, 1.807) is 18.6 Å². The van der Waals surface area contributed by atoms with Gasteiger partial charge in [-0.1, -0.05) is 0 Å². The molecule has 7 heteroatoms. The molecule has 7 nitrogen and oxygen atoms in total. The Bertz CT molecular complexity index is 587. The van der Waals surface area contributed by atoms with E-state index < -0.39 is 6.10 Å². The zero-order chi connectivity index (χ0) is 14.7. The average molecular weight is 287 g/mol. The number of hydrogen-bond donors (Lipinski definition) is 2. The Balaban J connectivity index is 1.69. The van der Waals surface area contributed by atoms with Gasteiger partial charge in [-0.3, -0.25) is 4.79 Å². The number of rotatable bonds is 3. The average Bonchev–Trinajstić information content (AvgIpc) is 3.04. The van der Waals surface area contributed by atoms with E-state index in [0.717, 1.165) is 19.3 Å². The summed E-state index contributed by atoms with van der Waals surface area (Å²) in [6.07, 6.45) is 10.0. The maximum Gasteiger partial charge on any atom is 0.270 e. The van der Waals surface area contributed by atoms with Gasteiger partial charge in [0.25, 0.3) is 5.91 Å². The van der Waals surface area contributed by atoms with Crippen LogP contribution in [0.3, 0.4) is 0 Å². The summed E-state index contributed by atoms with van der Waals surface area (Å²) in [7, 11) is 0. The molecule has 0 aliphatic heterocycles. The maximum absolute atomic E-state index is 12.1. The largest absolute Gasteiger partial charge is 0.389 e. The normalized spacial score (nSPS) is 25.5. The Hall–Kier alpha value is -2.28. The lowest BCUT2D eigenvalue weighted by molar-refractivity contribution is 0.0397. The van der Waals surface area contributed by atoms with Gasteiger partial charge < -0.3 is 15.0 Å². The van der Waals surface area contributed by atoms with Gasteiger partial charge in [-0.05, 0) is 25.3 Å². The van der Waals surface area contributed by atoms with Crippen LogP contribution in [0.4, 0.5) is 0 Å². The van der Waals surface area contributed by atoms with Crippen molar-refractivity contribution in [3.8, 4) is 0 Å². The zero-order valence-electron chi connectivity index (χ0n) is 11.5. The van der Waals surface area contributed by atoms with Gasteiger partial charge in [0.15, 0.2) is 0 Å². The van der Waals surface area contributed by atoms with Crippen LogP contribution in [0.5, 0.6) is 0 Å². The van der Waals surface area contributed by atoms with Crippen LogP contribution in [0.15, 0.2) is 37.3 Å². The molecule has 110 valence electrons. The predicted octanol–water partition coefficient (Wildman–Crippen LogP) is 0.558. The minimum atomic E-state index is -0.640. The van der Waals surface area contributed by atoms with Crippen LogP contribution in [-0.4, -0.2) is 42.7 Å². The van der Waals surface area contributed by atoms with Gasteiger partial charge in [-0.25, -0.2) is 15.0 Å². The monoisotopic (exact) mass is 287 g/mol. The van der Waals surface area contributed by atoms with Crippen molar-refractivity contribution >= 4 is 5.91 Å². The minimum Gasteiger partial charge on any atom is -0.389 e. The molecule has 3 rings (SSSR count). The lowest BCUT2D eigenvalue weighted by atomic mass is 9.88. The second-order valence-corrected chi connectivity index (χ2v) is 5.17. The SMILES string of the molecule is O=C(N[C@@H]1CCC[C@@H](n2ccnc2)[C@@H]1O)c1ccncn1. The Labute approximate surface area is 122 Å². The van der Waals surface area contributed by atoms with E-state index in [0.29, 0.717) is 5.69 Å². The quantitative estimate of drug-likeness (QED) is 0.860. The number of aliphatic hydroxyl groups is 1. The third-order valence-corrected chi connectivity index (χ3v) is 3.86. The molecule has 0 saturated heterocycles. The first-order valence-electron chi connectivity index (χ1n) is 6.98. The summed E-state index contributed by atoms with van der Waals surface area (Å²) in [5.41, 5.74) is 0.307. The maximum atomic E-state index is 12.1. The summed E-state index contributed by atoms with van der Waals surface area (Å²) >= 11 is 0. The second kappa shape index (κ2) is 6.01. The summed E-state index contributed by atoms with van der Waals surface area (Å²) in [6.45, 7) is 0. The standard InChI is InChI=1S/C14H17N5O2/c20-13-10(18-14(21)11-4-5-15-8-17-11)2-1-3-12(13)19-7-6-16-9-19/h4-10,12-13,20H,1-3H2,(H,18,21)/t10-,12-,13-/m1/s1. The fourth-order valence-electron chi connectivity index (χ4n) is 2.77. The van der Waals surface area contributed by atoms with Crippen LogP contribution in [0.2, 0.25) is 0 Å². The van der Waals surface area contributed by atoms with E-state index in [9.17, 15) is 9.90 Å². The van der Waals surface area contributed by atoms with Crippen molar-refractivity contribution in [2.45, 2.75) is 37.5 Å². The van der Waals surface area contributed by atoms with Crippen molar-refractivity contribution in [3.05, 3.63) is 43.0 Å². The Morgan fingerprint density at radius 3 is 2.95 bits per heavy atom. The predicted molar refractivity (Wildman–Crippen MR) is 74.4 cm³/mol. The molecule has 2 aromatic rings. The van der Waals surface area contributed by atoms with E-state index in [1.807, 2.05) is 10.8 Å². The third-order valence-electron chi connectivity index (χ3n) is 3.86. The molecule has 0 bridgehead atoms. The molecule has 21 heavy (non-hydrogen) atoms. The number of hydrogen-bond acceptors (Lipinski definition) is 5. The molecular weight excluding hydrogens is 270 g/mol. The number of carbonyl (C=O) groups is 1. The number of nitrogens with zero attached hydrogens (tertiary/aromatic N) is 4. The molecular formula is C14H17N5O2. The highest BCUT2D eigenvalue weighted by atomic mass is 16.3. The van der Waals surface area contributed by atoms with Crippen molar-refractivity contribution in [3.63, 3.8) is 0 Å². The van der Waals surface area contributed by atoms with Gasteiger partial charge in [-0.2, -0.15) is 0 Å². The first-order chi connectivity index (χ1) is 10.3. The fourth-order valence-corrected chi connectivity index (χ4v) is 2.77. The van der Waals surface area contributed by atoms with Crippen LogP contribution < -0.4 is 5.32 Å². The number of amides is 1. The van der Waals surface area contributed by atoms with E-state index in [2.05, 4.69) is 20.3 Å². The molecule has 1 aliphatic carbocycles. The number of nitrogens with one attached hydrogen (secondary N) is 1. The number of carbonyl (C=O) groups excluding carboxylic acids is 1. The molecule has 0 aromatic carbocycles. The van der Waals surface area contributed by atoms with E-state index >= 15 is 0 Å². The van der Waals surface area contributed by atoms with Crippen molar-refractivity contribution in [2.75, 3.05) is 0 Å². The highest BCUT2D eigenvalue weighted by molar-refractivity contribution is 5.92. The van der Waals surface area contributed by atoms with Gasteiger partial charge in [0.05, 0.1) is 24.5 Å². The van der Waals surface area contributed by atoms with Crippen molar-refractivity contribution in [1.82, 2.24) is 24.8 Å². The first kappa shape index (κ1) is 13.7. The Morgan fingerprint density at radius 2 is 2.24 bits per heavy atom. The molecule has 2 N–H and O–H groups in total. The molecule has 2 heterocycles. The smallest absolute Gasteiger partial charge is 0.270 e. The topological polar surface area (TPSA) is 92.9 Å². The van der Waals surface area contributed by atoms with Crippen molar-refractivity contribution in [2.24, 2.45) is 0 Å². The molecule has 2 aromatic heterocycles. The summed E-state index contributed by atoms with van der Waals surface area (Å²) in [5.74, 6) is -0.285. The molecule has 0 radical (unpaired) electrons. The summed E-state index contributed by atoms with van der Waals surface area (Å²) in [5, 5.41) is 13.4. The molecule has 1 fully saturated rings. The van der Waals surface area contributed by atoms with Crippen LogP contribution in [0, 0.1) is 0 Å². The molecule has 0 spiro atoms. The highest BCUT2D eigenvalue weighted by Gasteiger charge is 2.33. The number of imidazole rings is 1. The summed E-state index contributed by atoms with van der Waals surface area (Å²) < 4.78 is 1.90. The van der Waals surface area contributed by atoms with Gasteiger partial charge in [0, 0.05) is 18.6 Å². The minimum absolute atomic E-state index is 0.0584. The fraction of sp³-hybridized carbons (Fsp3) is 0.429. The van der Waals surface area contributed by atoms with Crippen LogP contribution >= 0.6 is 0 Å². The Kier molecular flexibility index (Phi) is 3.92. The lowest BCUT2D eigenvalue weighted by Gasteiger charge is -2.35. The molecule has 3 atom stereocenters. The van der Waals surface area contributed by atoms with Gasteiger partial charge in [0.1, 0.15) is 12.0 Å². The van der Waals surface area contributed by atoms with E-state index in [1.165, 1.54) is 12.5 Å². The van der Waals surface area contributed by atoms with Gasteiger partial charge in [0.2, 0.25) is 0 Å². The summed E-state index contributed by atoms with van der Waals surface area (Å²) in [6, 6.07) is 1.21. The van der Waals surface area contributed by atoms with Crippen molar-refractivity contribution in [1.29, 1.82) is 0 Å². The second-order valence-electron chi connectivity index (χ2n) is 5.17. The van der Waals surface area contributed by atoms with Crippen LogP contribution in [0.1, 0.15) is 35.8 Å². The molecule has 0 unspecified atom stereocenters. The highest BCUT2D eigenvalue weighted by Crippen LogP contribution is 2.28. The lowest BCUT2D eigenvalue weighted by Crippen LogP contribution is -2.49. The van der Waals surface area contributed by atoms with E-state index in [-0.39, 0.29) is 18.0 Å². The number of aromatic nitrogens is 4. The van der Waals surface area contributed by atoms with Crippen LogP contribution in [-0.2, 0) is 0 Å². The molecule has 1 aliphatic rings. The van der Waals surface area contributed by atoms with Gasteiger partial charge in [-0.15, -0.1) is 0 Å². The van der Waals surface area contributed by atoms with Crippen molar-refractivity contribution < 1.29 is 9.90 Å². The zero-order valence-corrected chi connectivity index (χ0v) is 11.5. The first-order valence-corrected chi connectivity index (χ1v) is 6.98.